The summed E-state index contributed by atoms with van der Waals surface area (Å²) in [6.45, 7) is 11.2. The zero-order chi connectivity index (χ0) is 13.2. The van der Waals surface area contributed by atoms with Gasteiger partial charge in [0.2, 0.25) is 0 Å². The monoisotopic (exact) mass is 256 g/mol. The Morgan fingerprint density at radius 3 is 2.35 bits per heavy atom. The minimum absolute atomic E-state index is 0.180. The SMILES string of the molecule is Cc1sc(N(CC(C)C)C(C)C)nc1C(=O)O. The maximum Gasteiger partial charge on any atom is 0.355 e. The summed E-state index contributed by atoms with van der Waals surface area (Å²) in [5.41, 5.74) is 0.180. The molecule has 0 aliphatic rings. The summed E-state index contributed by atoms with van der Waals surface area (Å²) in [6, 6.07) is 0.324. The van der Waals surface area contributed by atoms with Crippen LogP contribution in [0.3, 0.4) is 0 Å². The van der Waals surface area contributed by atoms with E-state index in [9.17, 15) is 4.79 Å². The largest absolute Gasteiger partial charge is 0.476 e. The molecule has 0 saturated heterocycles. The van der Waals surface area contributed by atoms with Crippen molar-refractivity contribution in [2.24, 2.45) is 5.92 Å². The first-order valence-electron chi connectivity index (χ1n) is 5.80. The van der Waals surface area contributed by atoms with E-state index in [4.69, 9.17) is 5.11 Å². The van der Waals surface area contributed by atoms with Gasteiger partial charge in [-0.1, -0.05) is 13.8 Å². The van der Waals surface area contributed by atoms with Crippen LogP contribution in [0.4, 0.5) is 5.13 Å². The average molecular weight is 256 g/mol. The van der Waals surface area contributed by atoms with E-state index in [1.54, 1.807) is 6.92 Å². The van der Waals surface area contributed by atoms with Crippen molar-refractivity contribution in [2.75, 3.05) is 11.4 Å². The molecule has 1 heterocycles. The lowest BCUT2D eigenvalue weighted by molar-refractivity contribution is 0.0690. The molecule has 96 valence electrons. The van der Waals surface area contributed by atoms with Gasteiger partial charge in [-0.3, -0.25) is 0 Å². The third-order valence-electron chi connectivity index (χ3n) is 2.42. The summed E-state index contributed by atoms with van der Waals surface area (Å²) >= 11 is 1.46. The quantitative estimate of drug-likeness (QED) is 0.880. The first-order chi connectivity index (χ1) is 7.82. The zero-order valence-electron chi connectivity index (χ0n) is 11.0. The molecule has 0 aliphatic heterocycles. The topological polar surface area (TPSA) is 53.4 Å². The van der Waals surface area contributed by atoms with Crippen LogP contribution in [0.1, 0.15) is 43.1 Å². The van der Waals surface area contributed by atoms with Crippen LogP contribution in [0.2, 0.25) is 0 Å². The van der Waals surface area contributed by atoms with Gasteiger partial charge in [0.25, 0.3) is 0 Å². The minimum atomic E-state index is -0.946. The second kappa shape index (κ2) is 5.49. The highest BCUT2D eigenvalue weighted by atomic mass is 32.1. The van der Waals surface area contributed by atoms with E-state index in [1.165, 1.54) is 11.3 Å². The molecule has 0 unspecified atom stereocenters. The fourth-order valence-electron chi connectivity index (χ4n) is 1.61. The molecule has 0 aromatic carbocycles. The number of nitrogens with zero attached hydrogens (tertiary/aromatic N) is 2. The lowest BCUT2D eigenvalue weighted by atomic mass is 10.2. The molecule has 0 amide bonds. The van der Waals surface area contributed by atoms with Gasteiger partial charge in [0.1, 0.15) is 0 Å². The second-order valence-corrected chi connectivity index (χ2v) is 6.03. The number of hydrogen-bond donors (Lipinski definition) is 1. The summed E-state index contributed by atoms with van der Waals surface area (Å²) in [7, 11) is 0. The molecule has 0 atom stereocenters. The third kappa shape index (κ3) is 3.43. The molecule has 1 aromatic heterocycles. The van der Waals surface area contributed by atoms with E-state index >= 15 is 0 Å². The molecule has 5 heteroatoms. The van der Waals surface area contributed by atoms with E-state index in [2.05, 4.69) is 37.6 Å². The molecule has 0 aliphatic carbocycles. The maximum atomic E-state index is 11.0. The molecular weight excluding hydrogens is 236 g/mol. The van der Waals surface area contributed by atoms with Crippen molar-refractivity contribution in [3.8, 4) is 0 Å². The van der Waals surface area contributed by atoms with Gasteiger partial charge in [0.05, 0.1) is 0 Å². The highest BCUT2D eigenvalue weighted by Gasteiger charge is 2.20. The summed E-state index contributed by atoms with van der Waals surface area (Å²) in [5, 5.41) is 9.82. The summed E-state index contributed by atoms with van der Waals surface area (Å²) < 4.78 is 0. The molecular formula is C12H20N2O2S. The second-order valence-electron chi connectivity index (χ2n) is 4.85. The van der Waals surface area contributed by atoms with Crippen LogP contribution >= 0.6 is 11.3 Å². The molecule has 1 aromatic rings. The number of carboxylic acid groups (broad SMARTS) is 1. The Hall–Kier alpha value is -1.10. The van der Waals surface area contributed by atoms with Crippen LogP contribution in [0.15, 0.2) is 0 Å². The van der Waals surface area contributed by atoms with Crippen molar-refractivity contribution in [1.82, 2.24) is 4.98 Å². The molecule has 0 radical (unpaired) electrons. The minimum Gasteiger partial charge on any atom is -0.476 e. The van der Waals surface area contributed by atoms with Crippen LogP contribution in [0.5, 0.6) is 0 Å². The highest BCUT2D eigenvalue weighted by molar-refractivity contribution is 7.15. The number of thiazole rings is 1. The first-order valence-corrected chi connectivity index (χ1v) is 6.62. The van der Waals surface area contributed by atoms with E-state index in [0.29, 0.717) is 12.0 Å². The smallest absolute Gasteiger partial charge is 0.355 e. The van der Waals surface area contributed by atoms with Gasteiger partial charge in [0, 0.05) is 17.5 Å². The van der Waals surface area contributed by atoms with Gasteiger partial charge in [-0.05, 0) is 26.7 Å². The predicted octanol–water partition coefficient (Wildman–Crippen LogP) is 3.02. The van der Waals surface area contributed by atoms with Crippen LogP contribution < -0.4 is 4.90 Å². The maximum absolute atomic E-state index is 11.0. The Morgan fingerprint density at radius 2 is 2.00 bits per heavy atom. The lowest BCUT2D eigenvalue weighted by Crippen LogP contribution is -2.34. The van der Waals surface area contributed by atoms with Crippen LogP contribution in [0.25, 0.3) is 0 Å². The third-order valence-corrected chi connectivity index (χ3v) is 3.43. The van der Waals surface area contributed by atoms with E-state index < -0.39 is 5.97 Å². The average Bonchev–Trinajstić information content (AvgIpc) is 2.55. The van der Waals surface area contributed by atoms with E-state index in [-0.39, 0.29) is 5.69 Å². The Kier molecular flexibility index (Phi) is 4.51. The van der Waals surface area contributed by atoms with Gasteiger partial charge >= 0.3 is 5.97 Å². The number of aromatic carboxylic acids is 1. The summed E-state index contributed by atoms with van der Waals surface area (Å²) in [6.07, 6.45) is 0. The van der Waals surface area contributed by atoms with Crippen molar-refractivity contribution in [3.05, 3.63) is 10.6 Å². The first kappa shape index (κ1) is 14.0. The van der Waals surface area contributed by atoms with Gasteiger partial charge in [-0.15, -0.1) is 11.3 Å². The number of aryl methyl sites for hydroxylation is 1. The van der Waals surface area contributed by atoms with Crippen LogP contribution in [-0.2, 0) is 0 Å². The Labute approximate surface area is 106 Å². The number of rotatable bonds is 5. The van der Waals surface area contributed by atoms with Crippen molar-refractivity contribution >= 4 is 22.4 Å². The highest BCUT2D eigenvalue weighted by Crippen LogP contribution is 2.27. The normalized spacial score (nSPS) is 11.2. The molecule has 0 saturated carbocycles. The standard InChI is InChI=1S/C12H20N2O2S/c1-7(2)6-14(8(3)4)12-13-10(11(15)16)9(5)17-12/h7-8H,6H2,1-5H3,(H,15,16). The molecule has 1 rings (SSSR count). The van der Waals surface area contributed by atoms with E-state index in [0.717, 1.165) is 16.6 Å². The predicted molar refractivity (Wildman–Crippen MR) is 71.1 cm³/mol. The number of anilines is 1. The Bertz CT molecular complexity index is 399. The molecule has 0 fully saturated rings. The number of carboxylic acids is 1. The van der Waals surface area contributed by atoms with Crippen LogP contribution in [0, 0.1) is 12.8 Å². The van der Waals surface area contributed by atoms with Gasteiger partial charge in [0.15, 0.2) is 10.8 Å². The van der Waals surface area contributed by atoms with Gasteiger partial charge in [-0.25, -0.2) is 9.78 Å². The molecule has 0 spiro atoms. The fraction of sp³-hybridized carbons (Fsp3) is 0.667. The summed E-state index contributed by atoms with van der Waals surface area (Å²) in [4.78, 5) is 18.1. The van der Waals surface area contributed by atoms with Gasteiger partial charge in [-0.2, -0.15) is 0 Å². The zero-order valence-corrected chi connectivity index (χ0v) is 11.8. The number of aromatic nitrogens is 1. The molecule has 4 nitrogen and oxygen atoms in total. The lowest BCUT2D eigenvalue weighted by Gasteiger charge is -2.27. The Morgan fingerprint density at radius 1 is 1.41 bits per heavy atom. The van der Waals surface area contributed by atoms with Crippen molar-refractivity contribution in [3.63, 3.8) is 0 Å². The number of carbonyl (C=O) groups is 1. The van der Waals surface area contributed by atoms with E-state index in [1.807, 2.05) is 0 Å². The fourth-order valence-corrected chi connectivity index (χ4v) is 2.65. The number of hydrogen-bond acceptors (Lipinski definition) is 4. The molecule has 0 bridgehead atoms. The van der Waals surface area contributed by atoms with Crippen molar-refractivity contribution in [1.29, 1.82) is 0 Å². The van der Waals surface area contributed by atoms with Gasteiger partial charge < -0.3 is 10.0 Å². The molecule has 1 N–H and O–H groups in total. The Balaban J connectivity index is 3.03. The van der Waals surface area contributed by atoms with Crippen LogP contribution in [-0.4, -0.2) is 28.6 Å². The summed E-state index contributed by atoms with van der Waals surface area (Å²) in [5.74, 6) is -0.423. The van der Waals surface area contributed by atoms with Crippen molar-refractivity contribution in [2.45, 2.75) is 40.7 Å². The molecule has 17 heavy (non-hydrogen) atoms. The van der Waals surface area contributed by atoms with Crippen molar-refractivity contribution < 1.29 is 9.90 Å².